The number of halogens is 1. The standard InChI is InChI=1S/C16H20ClN3S/c1-12(2)7-18-8-13-9-19-16(20-10-13)11-21-15-5-3-4-14(17)6-15/h3-6,9-10,12,18H,7-8,11H2,1-2H3. The Labute approximate surface area is 135 Å². The first kappa shape index (κ1) is 16.3. The molecule has 0 aliphatic heterocycles. The van der Waals surface area contributed by atoms with E-state index < -0.39 is 0 Å². The fourth-order valence-corrected chi connectivity index (χ4v) is 2.84. The lowest BCUT2D eigenvalue weighted by Gasteiger charge is -2.07. The predicted molar refractivity (Wildman–Crippen MR) is 89.6 cm³/mol. The van der Waals surface area contributed by atoms with Crippen molar-refractivity contribution in [1.29, 1.82) is 0 Å². The maximum atomic E-state index is 5.97. The first-order valence-corrected chi connectivity index (χ1v) is 8.38. The van der Waals surface area contributed by atoms with Gasteiger partial charge in [-0.1, -0.05) is 31.5 Å². The van der Waals surface area contributed by atoms with E-state index in [2.05, 4.69) is 29.1 Å². The van der Waals surface area contributed by atoms with Gasteiger partial charge in [0.05, 0.1) is 5.75 Å². The summed E-state index contributed by atoms with van der Waals surface area (Å²) >= 11 is 7.66. The average molecular weight is 322 g/mol. The van der Waals surface area contributed by atoms with Crippen molar-refractivity contribution in [2.24, 2.45) is 5.92 Å². The van der Waals surface area contributed by atoms with E-state index in [1.165, 1.54) is 0 Å². The molecule has 0 spiro atoms. The summed E-state index contributed by atoms with van der Waals surface area (Å²) in [6.45, 7) is 6.21. The third kappa shape index (κ3) is 6.04. The smallest absolute Gasteiger partial charge is 0.138 e. The van der Waals surface area contributed by atoms with Gasteiger partial charge < -0.3 is 5.32 Å². The highest BCUT2D eigenvalue weighted by Crippen LogP contribution is 2.23. The Morgan fingerprint density at radius 1 is 1.24 bits per heavy atom. The zero-order valence-electron chi connectivity index (χ0n) is 12.3. The topological polar surface area (TPSA) is 37.8 Å². The number of rotatable bonds is 7. The van der Waals surface area contributed by atoms with E-state index in [0.717, 1.165) is 40.1 Å². The maximum Gasteiger partial charge on any atom is 0.138 e. The summed E-state index contributed by atoms with van der Waals surface area (Å²) < 4.78 is 0. The number of nitrogens with one attached hydrogen (secondary N) is 1. The summed E-state index contributed by atoms with van der Waals surface area (Å²) in [7, 11) is 0. The van der Waals surface area contributed by atoms with Gasteiger partial charge in [-0.2, -0.15) is 0 Å². The van der Waals surface area contributed by atoms with Gasteiger partial charge in [0.25, 0.3) is 0 Å². The Hall–Kier alpha value is -1.10. The highest BCUT2D eigenvalue weighted by Gasteiger charge is 2.01. The Balaban J connectivity index is 1.82. The molecule has 112 valence electrons. The lowest BCUT2D eigenvalue weighted by Crippen LogP contribution is -2.19. The molecular formula is C16H20ClN3S. The molecule has 21 heavy (non-hydrogen) atoms. The molecular weight excluding hydrogens is 302 g/mol. The first-order chi connectivity index (χ1) is 10.1. The van der Waals surface area contributed by atoms with Gasteiger partial charge in [-0.25, -0.2) is 9.97 Å². The number of nitrogens with zero attached hydrogens (tertiary/aromatic N) is 2. The van der Waals surface area contributed by atoms with E-state index in [1.807, 2.05) is 36.7 Å². The second-order valence-electron chi connectivity index (χ2n) is 5.28. The number of aromatic nitrogens is 2. The minimum atomic E-state index is 0.652. The van der Waals surface area contributed by atoms with E-state index in [1.54, 1.807) is 11.8 Å². The molecule has 1 aromatic heterocycles. The fourth-order valence-electron chi connectivity index (χ4n) is 1.76. The molecule has 0 saturated heterocycles. The zero-order valence-corrected chi connectivity index (χ0v) is 13.9. The van der Waals surface area contributed by atoms with E-state index in [4.69, 9.17) is 11.6 Å². The van der Waals surface area contributed by atoms with Crippen LogP contribution in [0.1, 0.15) is 25.2 Å². The summed E-state index contributed by atoms with van der Waals surface area (Å²) in [6, 6.07) is 7.83. The summed E-state index contributed by atoms with van der Waals surface area (Å²) in [5.74, 6) is 2.24. The van der Waals surface area contributed by atoms with Crippen LogP contribution in [0, 0.1) is 5.92 Å². The molecule has 1 N–H and O–H groups in total. The molecule has 1 heterocycles. The maximum absolute atomic E-state index is 5.97. The molecule has 0 fully saturated rings. The van der Waals surface area contributed by atoms with Gasteiger partial charge in [-0.15, -0.1) is 11.8 Å². The van der Waals surface area contributed by atoms with Crippen LogP contribution >= 0.6 is 23.4 Å². The minimum absolute atomic E-state index is 0.652. The number of thioether (sulfide) groups is 1. The minimum Gasteiger partial charge on any atom is -0.312 e. The monoisotopic (exact) mass is 321 g/mol. The first-order valence-electron chi connectivity index (χ1n) is 7.02. The quantitative estimate of drug-likeness (QED) is 0.777. The van der Waals surface area contributed by atoms with Crippen LogP contribution in [-0.2, 0) is 12.3 Å². The van der Waals surface area contributed by atoms with Crippen LogP contribution in [0.25, 0.3) is 0 Å². The van der Waals surface area contributed by atoms with Crippen molar-refractivity contribution < 1.29 is 0 Å². The summed E-state index contributed by atoms with van der Waals surface area (Å²) in [6.07, 6.45) is 3.79. The van der Waals surface area contributed by atoms with Gasteiger partial charge in [-0.3, -0.25) is 0 Å². The van der Waals surface area contributed by atoms with Crippen LogP contribution in [0.5, 0.6) is 0 Å². The van der Waals surface area contributed by atoms with Crippen LogP contribution < -0.4 is 5.32 Å². The Morgan fingerprint density at radius 2 is 2.00 bits per heavy atom. The third-order valence-electron chi connectivity index (χ3n) is 2.80. The van der Waals surface area contributed by atoms with Gasteiger partial charge in [0.2, 0.25) is 0 Å². The van der Waals surface area contributed by atoms with Crippen molar-refractivity contribution in [2.75, 3.05) is 6.54 Å². The lowest BCUT2D eigenvalue weighted by atomic mass is 10.2. The Morgan fingerprint density at radius 3 is 2.67 bits per heavy atom. The third-order valence-corrected chi connectivity index (χ3v) is 4.03. The molecule has 0 unspecified atom stereocenters. The number of benzene rings is 1. The molecule has 0 aliphatic carbocycles. The summed E-state index contributed by atoms with van der Waals surface area (Å²) in [5.41, 5.74) is 1.12. The van der Waals surface area contributed by atoms with Gasteiger partial charge in [0, 0.05) is 34.4 Å². The number of hydrogen-bond acceptors (Lipinski definition) is 4. The Bertz CT molecular complexity index is 558. The molecule has 0 amide bonds. The van der Waals surface area contributed by atoms with Crippen molar-refractivity contribution in [3.63, 3.8) is 0 Å². The van der Waals surface area contributed by atoms with Crippen molar-refractivity contribution in [1.82, 2.24) is 15.3 Å². The van der Waals surface area contributed by atoms with Gasteiger partial charge in [0.15, 0.2) is 0 Å². The highest BCUT2D eigenvalue weighted by molar-refractivity contribution is 7.98. The van der Waals surface area contributed by atoms with E-state index in [-0.39, 0.29) is 0 Å². The molecule has 0 aliphatic rings. The number of hydrogen-bond donors (Lipinski definition) is 1. The molecule has 0 atom stereocenters. The fraction of sp³-hybridized carbons (Fsp3) is 0.375. The van der Waals surface area contributed by atoms with Crippen LogP contribution in [0.2, 0.25) is 5.02 Å². The normalized spacial score (nSPS) is 11.0. The summed E-state index contributed by atoms with van der Waals surface area (Å²) in [4.78, 5) is 9.95. The average Bonchev–Trinajstić information content (AvgIpc) is 2.46. The van der Waals surface area contributed by atoms with Gasteiger partial charge >= 0.3 is 0 Å². The molecule has 2 rings (SSSR count). The highest BCUT2D eigenvalue weighted by atomic mass is 35.5. The largest absolute Gasteiger partial charge is 0.312 e. The molecule has 1 aromatic carbocycles. The molecule has 2 aromatic rings. The van der Waals surface area contributed by atoms with Crippen molar-refractivity contribution in [3.05, 3.63) is 53.1 Å². The van der Waals surface area contributed by atoms with Gasteiger partial charge in [-0.05, 0) is 30.7 Å². The molecule has 0 saturated carbocycles. The molecule has 0 radical (unpaired) electrons. The predicted octanol–water partition coefficient (Wildman–Crippen LogP) is 4.17. The van der Waals surface area contributed by atoms with Gasteiger partial charge in [0.1, 0.15) is 5.82 Å². The van der Waals surface area contributed by atoms with Crippen LogP contribution in [0.4, 0.5) is 0 Å². The SMILES string of the molecule is CC(C)CNCc1cnc(CSc2cccc(Cl)c2)nc1. The second-order valence-corrected chi connectivity index (χ2v) is 6.76. The zero-order chi connectivity index (χ0) is 15.1. The molecule has 5 heteroatoms. The second kappa shape index (κ2) is 8.37. The molecule has 0 bridgehead atoms. The van der Waals surface area contributed by atoms with Crippen LogP contribution in [-0.4, -0.2) is 16.5 Å². The summed E-state index contributed by atoms with van der Waals surface area (Å²) in [5, 5.41) is 4.14. The van der Waals surface area contributed by atoms with E-state index in [0.29, 0.717) is 5.92 Å². The van der Waals surface area contributed by atoms with E-state index >= 15 is 0 Å². The lowest BCUT2D eigenvalue weighted by molar-refractivity contribution is 0.551. The van der Waals surface area contributed by atoms with Crippen molar-refractivity contribution in [3.8, 4) is 0 Å². The van der Waals surface area contributed by atoms with Crippen LogP contribution in [0.3, 0.4) is 0 Å². The van der Waals surface area contributed by atoms with Crippen molar-refractivity contribution in [2.45, 2.75) is 31.0 Å². The van der Waals surface area contributed by atoms with Crippen molar-refractivity contribution >= 4 is 23.4 Å². The van der Waals surface area contributed by atoms with E-state index in [9.17, 15) is 0 Å². The Kier molecular flexibility index (Phi) is 6.49. The molecule has 3 nitrogen and oxygen atoms in total. The van der Waals surface area contributed by atoms with Crippen LogP contribution in [0.15, 0.2) is 41.6 Å².